The van der Waals surface area contributed by atoms with Gasteiger partial charge in [0.05, 0.1) is 12.2 Å². The van der Waals surface area contributed by atoms with Crippen molar-refractivity contribution in [2.24, 2.45) is 5.92 Å². The highest BCUT2D eigenvalue weighted by atomic mass is 16.5. The van der Waals surface area contributed by atoms with Crippen LogP contribution < -0.4 is 5.32 Å². The van der Waals surface area contributed by atoms with Gasteiger partial charge < -0.3 is 10.1 Å². The highest BCUT2D eigenvalue weighted by molar-refractivity contribution is 5.97. The lowest BCUT2D eigenvalue weighted by Gasteiger charge is -2.15. The van der Waals surface area contributed by atoms with Crippen LogP contribution in [-0.4, -0.2) is 25.0 Å². The Morgan fingerprint density at radius 2 is 1.73 bits per heavy atom. The van der Waals surface area contributed by atoms with Crippen LogP contribution in [0.1, 0.15) is 92.9 Å². The number of carbonyl (C=O) groups excluding carboxylic acids is 2. The van der Waals surface area contributed by atoms with Crippen molar-refractivity contribution < 1.29 is 14.3 Å². The van der Waals surface area contributed by atoms with Gasteiger partial charge in [0.1, 0.15) is 0 Å². The number of rotatable bonds is 13. The lowest BCUT2D eigenvalue weighted by molar-refractivity contribution is 0.0498. The van der Waals surface area contributed by atoms with E-state index in [0.29, 0.717) is 30.2 Å². The molecule has 0 bridgehead atoms. The molecule has 0 aliphatic rings. The molecule has 1 amide bonds. The van der Waals surface area contributed by atoms with Crippen molar-refractivity contribution in [1.29, 1.82) is 0 Å². The van der Waals surface area contributed by atoms with Gasteiger partial charge in [0, 0.05) is 12.1 Å². The van der Waals surface area contributed by atoms with Crippen LogP contribution in [0, 0.1) is 5.92 Å². The first-order chi connectivity index (χ1) is 12.6. The minimum Gasteiger partial charge on any atom is -0.462 e. The Labute approximate surface area is 158 Å². The third-order valence-electron chi connectivity index (χ3n) is 4.69. The van der Waals surface area contributed by atoms with E-state index in [2.05, 4.69) is 26.1 Å². The standard InChI is InChI=1S/C22H35NO3/c1-4-7-9-10-15-26-22(25)20-14-11-13-19(16-20)21(24)23-17-18(6-3)12-8-5-2/h11,13-14,16,18H,4-10,12,15,17H2,1-3H3,(H,23,24). The van der Waals surface area contributed by atoms with Crippen LogP contribution in [0.25, 0.3) is 0 Å². The summed E-state index contributed by atoms with van der Waals surface area (Å²) >= 11 is 0. The van der Waals surface area contributed by atoms with Crippen LogP contribution in [0.3, 0.4) is 0 Å². The molecule has 0 aliphatic heterocycles. The molecule has 1 aromatic rings. The summed E-state index contributed by atoms with van der Waals surface area (Å²) in [5.41, 5.74) is 0.946. The third kappa shape index (κ3) is 8.50. The number of amides is 1. The normalized spacial score (nSPS) is 11.8. The predicted octanol–water partition coefficient (Wildman–Crippen LogP) is 5.37. The minimum absolute atomic E-state index is 0.127. The fourth-order valence-corrected chi connectivity index (χ4v) is 2.85. The van der Waals surface area contributed by atoms with Crippen LogP contribution in [0.15, 0.2) is 24.3 Å². The second-order valence-electron chi connectivity index (χ2n) is 6.90. The number of ether oxygens (including phenoxy) is 1. The molecule has 26 heavy (non-hydrogen) atoms. The number of nitrogens with one attached hydrogen (secondary N) is 1. The van der Waals surface area contributed by atoms with E-state index in [0.717, 1.165) is 38.5 Å². The molecule has 0 aromatic heterocycles. The Balaban J connectivity index is 2.51. The zero-order chi connectivity index (χ0) is 19.2. The fourth-order valence-electron chi connectivity index (χ4n) is 2.85. The van der Waals surface area contributed by atoms with Crippen LogP contribution in [-0.2, 0) is 4.74 Å². The molecule has 1 atom stereocenters. The maximum atomic E-state index is 12.4. The molecule has 4 heteroatoms. The van der Waals surface area contributed by atoms with Crippen LogP contribution in [0.5, 0.6) is 0 Å². The van der Waals surface area contributed by atoms with Gasteiger partial charge in [-0.05, 0) is 37.0 Å². The van der Waals surface area contributed by atoms with Crippen LogP contribution in [0.4, 0.5) is 0 Å². The zero-order valence-corrected chi connectivity index (χ0v) is 16.7. The van der Waals surface area contributed by atoms with E-state index in [4.69, 9.17) is 4.74 Å². The highest BCUT2D eigenvalue weighted by Gasteiger charge is 2.13. The first-order valence-corrected chi connectivity index (χ1v) is 10.2. The molecule has 1 aromatic carbocycles. The average molecular weight is 362 g/mol. The monoisotopic (exact) mass is 361 g/mol. The lowest BCUT2D eigenvalue weighted by atomic mass is 9.99. The van der Waals surface area contributed by atoms with E-state index in [1.165, 1.54) is 12.8 Å². The summed E-state index contributed by atoms with van der Waals surface area (Å²) in [4.78, 5) is 24.5. The Hall–Kier alpha value is -1.84. The van der Waals surface area contributed by atoms with E-state index < -0.39 is 0 Å². The van der Waals surface area contributed by atoms with Gasteiger partial charge in [-0.3, -0.25) is 4.79 Å². The quantitative estimate of drug-likeness (QED) is 0.379. The number of hydrogen-bond acceptors (Lipinski definition) is 3. The summed E-state index contributed by atoms with van der Waals surface area (Å²) in [7, 11) is 0. The van der Waals surface area contributed by atoms with E-state index in [9.17, 15) is 9.59 Å². The third-order valence-corrected chi connectivity index (χ3v) is 4.69. The summed E-state index contributed by atoms with van der Waals surface area (Å²) in [6.45, 7) is 7.60. The lowest BCUT2D eigenvalue weighted by Crippen LogP contribution is -2.29. The van der Waals surface area contributed by atoms with Gasteiger partial charge in [-0.1, -0.05) is 65.4 Å². The molecule has 0 fully saturated rings. The van der Waals surface area contributed by atoms with Gasteiger partial charge in [0.15, 0.2) is 0 Å². The Morgan fingerprint density at radius 1 is 1.00 bits per heavy atom. The topological polar surface area (TPSA) is 55.4 Å². The molecule has 0 aliphatic carbocycles. The highest BCUT2D eigenvalue weighted by Crippen LogP contribution is 2.12. The van der Waals surface area contributed by atoms with Crippen LogP contribution in [0.2, 0.25) is 0 Å². The van der Waals surface area contributed by atoms with Gasteiger partial charge in [-0.2, -0.15) is 0 Å². The molecular formula is C22H35NO3. The average Bonchev–Trinajstić information content (AvgIpc) is 2.67. The Kier molecular flexibility index (Phi) is 11.4. The second-order valence-corrected chi connectivity index (χ2v) is 6.90. The van der Waals surface area contributed by atoms with E-state index >= 15 is 0 Å². The molecular weight excluding hydrogens is 326 g/mol. The summed E-state index contributed by atoms with van der Waals surface area (Å²) in [5.74, 6) is 0.0261. The fraction of sp³-hybridized carbons (Fsp3) is 0.636. The summed E-state index contributed by atoms with van der Waals surface area (Å²) in [5, 5.41) is 3.00. The summed E-state index contributed by atoms with van der Waals surface area (Å²) in [6.07, 6.45) is 8.83. The van der Waals surface area contributed by atoms with Gasteiger partial charge in [-0.15, -0.1) is 0 Å². The molecule has 0 radical (unpaired) electrons. The van der Waals surface area contributed by atoms with Crippen molar-refractivity contribution in [3.05, 3.63) is 35.4 Å². The van der Waals surface area contributed by atoms with Crippen molar-refractivity contribution in [2.75, 3.05) is 13.2 Å². The summed E-state index contributed by atoms with van der Waals surface area (Å²) in [6, 6.07) is 6.79. The van der Waals surface area contributed by atoms with Gasteiger partial charge in [-0.25, -0.2) is 4.79 Å². The SMILES string of the molecule is CCCCCCOC(=O)c1cccc(C(=O)NCC(CC)CCCC)c1. The number of carbonyl (C=O) groups is 2. The van der Waals surface area contributed by atoms with Crippen molar-refractivity contribution in [2.45, 2.75) is 72.1 Å². The van der Waals surface area contributed by atoms with Crippen molar-refractivity contribution in [1.82, 2.24) is 5.32 Å². The Bertz CT molecular complexity index is 542. The minimum atomic E-state index is -0.356. The molecule has 0 spiro atoms. The zero-order valence-electron chi connectivity index (χ0n) is 16.7. The van der Waals surface area contributed by atoms with E-state index in [-0.39, 0.29) is 11.9 Å². The first-order valence-electron chi connectivity index (χ1n) is 10.2. The van der Waals surface area contributed by atoms with Crippen LogP contribution >= 0.6 is 0 Å². The largest absolute Gasteiger partial charge is 0.462 e. The summed E-state index contributed by atoms with van der Waals surface area (Å²) < 4.78 is 5.30. The van der Waals surface area contributed by atoms with Crippen molar-refractivity contribution >= 4 is 11.9 Å². The molecule has 4 nitrogen and oxygen atoms in total. The number of esters is 1. The van der Waals surface area contributed by atoms with Crippen molar-refractivity contribution in [3.8, 4) is 0 Å². The molecule has 1 unspecified atom stereocenters. The maximum Gasteiger partial charge on any atom is 0.338 e. The molecule has 1 N–H and O–H groups in total. The second kappa shape index (κ2) is 13.4. The molecule has 1 rings (SSSR count). The van der Waals surface area contributed by atoms with Crippen molar-refractivity contribution in [3.63, 3.8) is 0 Å². The van der Waals surface area contributed by atoms with Gasteiger partial charge >= 0.3 is 5.97 Å². The smallest absolute Gasteiger partial charge is 0.338 e. The Morgan fingerprint density at radius 3 is 2.42 bits per heavy atom. The van der Waals surface area contributed by atoms with Gasteiger partial charge in [0.25, 0.3) is 5.91 Å². The molecule has 146 valence electrons. The number of hydrogen-bond donors (Lipinski definition) is 1. The molecule has 0 saturated carbocycles. The number of benzene rings is 1. The first kappa shape index (κ1) is 22.2. The number of unbranched alkanes of at least 4 members (excludes halogenated alkanes) is 4. The maximum absolute atomic E-state index is 12.4. The molecule has 0 saturated heterocycles. The van der Waals surface area contributed by atoms with Gasteiger partial charge in [0.2, 0.25) is 0 Å². The van der Waals surface area contributed by atoms with E-state index in [1.807, 2.05) is 0 Å². The predicted molar refractivity (Wildman–Crippen MR) is 107 cm³/mol. The van der Waals surface area contributed by atoms with E-state index in [1.54, 1.807) is 24.3 Å². The molecule has 0 heterocycles.